The summed E-state index contributed by atoms with van der Waals surface area (Å²) in [5.74, 6) is 0.677. The lowest BCUT2D eigenvalue weighted by Gasteiger charge is -2.13. The van der Waals surface area contributed by atoms with Crippen molar-refractivity contribution >= 4 is 39.8 Å². The Balaban J connectivity index is 1.79. The number of aromatic nitrogens is 3. The van der Waals surface area contributed by atoms with Crippen LogP contribution in [0.3, 0.4) is 0 Å². The van der Waals surface area contributed by atoms with E-state index in [1.807, 2.05) is 43.5 Å². The highest BCUT2D eigenvalue weighted by molar-refractivity contribution is 7.15. The molecule has 0 saturated heterocycles. The number of hydrogen-bond donors (Lipinski definition) is 0. The smallest absolute Gasteiger partial charge is 0.161 e. The first-order chi connectivity index (χ1) is 13.0. The van der Waals surface area contributed by atoms with E-state index in [2.05, 4.69) is 40.1 Å². The summed E-state index contributed by atoms with van der Waals surface area (Å²) in [6, 6.07) is 15.8. The van der Waals surface area contributed by atoms with Crippen LogP contribution in [0, 0.1) is 6.92 Å². The zero-order valence-electron chi connectivity index (χ0n) is 15.4. The Bertz CT molecular complexity index is 1180. The molecule has 5 heteroatoms. The zero-order valence-corrected chi connectivity index (χ0v) is 16.2. The van der Waals surface area contributed by atoms with Gasteiger partial charge < -0.3 is 0 Å². The molecule has 2 heterocycles. The van der Waals surface area contributed by atoms with Gasteiger partial charge in [-0.2, -0.15) is 0 Å². The molecule has 0 atom stereocenters. The van der Waals surface area contributed by atoms with Crippen molar-refractivity contribution in [3.8, 4) is 11.4 Å². The second-order valence-corrected chi connectivity index (χ2v) is 7.68. The van der Waals surface area contributed by atoms with Crippen molar-refractivity contribution in [2.24, 2.45) is 7.05 Å². The molecule has 27 heavy (non-hydrogen) atoms. The minimum Gasteiger partial charge on any atom is -0.295 e. The topological polar surface area (TPSA) is 47.8 Å². The third-order valence-electron chi connectivity index (χ3n) is 4.42. The van der Waals surface area contributed by atoms with Crippen molar-refractivity contribution in [1.82, 2.24) is 13.9 Å². The van der Waals surface area contributed by atoms with E-state index in [4.69, 9.17) is 4.98 Å². The average Bonchev–Trinajstić information content (AvgIpc) is 2.65. The Morgan fingerprint density at radius 3 is 2.63 bits per heavy atom. The van der Waals surface area contributed by atoms with Crippen LogP contribution in [0.1, 0.15) is 34.1 Å². The summed E-state index contributed by atoms with van der Waals surface area (Å²) >= 11 is 1.59. The Hall–Kier alpha value is -3.05. The maximum atomic E-state index is 11.7. The van der Waals surface area contributed by atoms with E-state index in [9.17, 15) is 4.79 Å². The van der Waals surface area contributed by atoms with E-state index in [1.165, 1.54) is 5.56 Å². The molecule has 4 aromatic rings. The van der Waals surface area contributed by atoms with Crippen LogP contribution in [0.15, 0.2) is 48.5 Å². The third kappa shape index (κ3) is 3.46. The van der Waals surface area contributed by atoms with Gasteiger partial charge in [0, 0.05) is 18.2 Å². The fourth-order valence-electron chi connectivity index (χ4n) is 3.02. The van der Waals surface area contributed by atoms with Gasteiger partial charge in [-0.1, -0.05) is 54.1 Å². The second kappa shape index (κ2) is 6.93. The van der Waals surface area contributed by atoms with Crippen molar-refractivity contribution in [2.75, 3.05) is 0 Å². The molecule has 0 spiro atoms. The molecule has 0 fully saturated rings. The van der Waals surface area contributed by atoms with Gasteiger partial charge in [-0.15, -0.1) is 0 Å². The van der Waals surface area contributed by atoms with E-state index < -0.39 is 0 Å². The second-order valence-electron chi connectivity index (χ2n) is 6.56. The summed E-state index contributed by atoms with van der Waals surface area (Å²) in [5, 5.41) is 0. The molecule has 0 radical (unpaired) electrons. The van der Waals surface area contributed by atoms with E-state index in [0.717, 1.165) is 27.2 Å². The number of aryl methyl sites for hydroxylation is 2. The molecule has 4 nitrogen and oxygen atoms in total. The van der Waals surface area contributed by atoms with Gasteiger partial charge >= 0.3 is 0 Å². The van der Waals surface area contributed by atoms with Crippen molar-refractivity contribution in [2.45, 2.75) is 13.8 Å². The highest BCUT2D eigenvalue weighted by Crippen LogP contribution is 2.29. The summed E-state index contributed by atoms with van der Waals surface area (Å²) in [6.45, 7) is 3.65. The van der Waals surface area contributed by atoms with Gasteiger partial charge in [0.05, 0.1) is 5.69 Å². The minimum atomic E-state index is 0.0365. The van der Waals surface area contributed by atoms with Crippen LogP contribution < -0.4 is 0 Å². The molecular formula is C22H19N3OS. The number of benzene rings is 2. The monoisotopic (exact) mass is 373 g/mol. The number of carbonyl (C=O) groups excluding carboxylic acids is 1. The number of Topliss-reactive ketones (excluding diaryl/α,β-unsaturated/α-hetero) is 1. The zero-order chi connectivity index (χ0) is 19.0. The predicted molar refractivity (Wildman–Crippen MR) is 112 cm³/mol. The number of rotatable bonds is 4. The highest BCUT2D eigenvalue weighted by atomic mass is 32.1. The number of fused-ring (bicyclic) bond motifs is 1. The van der Waals surface area contributed by atoms with Crippen LogP contribution in [-0.2, 0) is 7.05 Å². The van der Waals surface area contributed by atoms with Crippen LogP contribution in [-0.4, -0.2) is 19.7 Å². The van der Waals surface area contributed by atoms with Gasteiger partial charge in [0.25, 0.3) is 0 Å². The van der Waals surface area contributed by atoms with Gasteiger partial charge in [-0.05, 0) is 43.1 Å². The van der Waals surface area contributed by atoms with Crippen molar-refractivity contribution in [3.05, 3.63) is 70.9 Å². The van der Waals surface area contributed by atoms with E-state index in [0.29, 0.717) is 11.4 Å². The van der Waals surface area contributed by atoms with Crippen molar-refractivity contribution < 1.29 is 4.79 Å². The van der Waals surface area contributed by atoms with Crippen LogP contribution in [0.4, 0.5) is 0 Å². The number of ketones is 1. The highest BCUT2D eigenvalue weighted by Gasteiger charge is 2.14. The van der Waals surface area contributed by atoms with Gasteiger partial charge in [0.2, 0.25) is 0 Å². The van der Waals surface area contributed by atoms with Crippen molar-refractivity contribution in [1.29, 1.82) is 0 Å². The lowest BCUT2D eigenvalue weighted by Crippen LogP contribution is -2.03. The molecule has 0 aliphatic heterocycles. The largest absolute Gasteiger partial charge is 0.295 e. The van der Waals surface area contributed by atoms with Crippen LogP contribution in [0.25, 0.3) is 33.9 Å². The molecule has 0 unspecified atom stereocenters. The molecule has 2 aromatic carbocycles. The Morgan fingerprint density at radius 2 is 1.89 bits per heavy atom. The lowest BCUT2D eigenvalue weighted by molar-refractivity contribution is 0.101. The number of nitrogens with zero attached hydrogens (tertiary/aromatic N) is 3. The molecular weight excluding hydrogens is 354 g/mol. The summed E-state index contributed by atoms with van der Waals surface area (Å²) in [7, 11) is 2.01. The molecule has 0 aliphatic carbocycles. The van der Waals surface area contributed by atoms with Gasteiger partial charge in [0.15, 0.2) is 16.4 Å². The molecule has 0 N–H and O–H groups in total. The van der Waals surface area contributed by atoms with Crippen LogP contribution in [0.5, 0.6) is 0 Å². The molecule has 0 amide bonds. The quantitative estimate of drug-likeness (QED) is 0.451. The molecule has 2 aromatic heterocycles. The first-order valence-corrected chi connectivity index (χ1v) is 9.48. The molecule has 4 rings (SSSR count). The van der Waals surface area contributed by atoms with E-state index in [-0.39, 0.29) is 5.78 Å². The predicted octanol–water partition coefficient (Wildman–Crippen LogP) is 5.38. The fraction of sp³-hybridized carbons (Fsp3) is 0.136. The first-order valence-electron chi connectivity index (χ1n) is 8.71. The van der Waals surface area contributed by atoms with Crippen LogP contribution in [0.2, 0.25) is 0 Å². The SMILES string of the molecule is CC(=O)c1cccc(-c2nc(C=Cc3cccc(C)c3)c3c(n2)sn3C)c1. The fourth-order valence-corrected chi connectivity index (χ4v) is 3.87. The summed E-state index contributed by atoms with van der Waals surface area (Å²) in [5.41, 5.74) is 5.80. The maximum Gasteiger partial charge on any atom is 0.161 e. The van der Waals surface area contributed by atoms with Gasteiger partial charge in [-0.3, -0.25) is 8.75 Å². The minimum absolute atomic E-state index is 0.0365. The summed E-state index contributed by atoms with van der Waals surface area (Å²) in [6.07, 6.45) is 4.10. The third-order valence-corrected chi connectivity index (χ3v) is 5.33. The van der Waals surface area contributed by atoms with Crippen LogP contribution >= 0.6 is 11.5 Å². The number of carbonyl (C=O) groups is 1. The molecule has 0 aliphatic rings. The Kier molecular flexibility index (Phi) is 4.46. The summed E-state index contributed by atoms with van der Waals surface area (Å²) < 4.78 is 2.07. The molecule has 134 valence electrons. The Labute approximate surface area is 162 Å². The number of hydrogen-bond acceptors (Lipinski definition) is 4. The summed E-state index contributed by atoms with van der Waals surface area (Å²) in [4.78, 5) is 22.1. The van der Waals surface area contributed by atoms with E-state index in [1.54, 1.807) is 18.5 Å². The Morgan fingerprint density at radius 1 is 1.07 bits per heavy atom. The maximum absolute atomic E-state index is 11.7. The normalized spacial score (nSPS) is 11.5. The van der Waals surface area contributed by atoms with E-state index >= 15 is 0 Å². The van der Waals surface area contributed by atoms with Gasteiger partial charge in [0.1, 0.15) is 5.52 Å². The van der Waals surface area contributed by atoms with Gasteiger partial charge in [-0.25, -0.2) is 9.97 Å². The lowest BCUT2D eigenvalue weighted by atomic mass is 10.1. The molecule has 0 saturated carbocycles. The average molecular weight is 373 g/mol. The first kappa shape index (κ1) is 17.4. The molecule has 0 bridgehead atoms. The standard InChI is InChI=1S/C22H19N3OS/c1-14-6-4-7-16(12-14)10-11-19-20-22(27-25(20)3)24-21(23-19)18-9-5-8-17(13-18)15(2)26/h4-13H,1-3H3. The van der Waals surface area contributed by atoms with Crippen molar-refractivity contribution in [3.63, 3.8) is 0 Å².